The molecule has 0 saturated heterocycles. The van der Waals surface area contributed by atoms with Gasteiger partial charge in [-0.3, -0.25) is 4.79 Å². The molecule has 0 saturated carbocycles. The highest BCUT2D eigenvalue weighted by molar-refractivity contribution is 9.11. The zero-order chi connectivity index (χ0) is 9.30. The van der Waals surface area contributed by atoms with Crippen molar-refractivity contribution >= 4 is 49.7 Å². The van der Waals surface area contributed by atoms with Gasteiger partial charge < -0.3 is 0 Å². The molecule has 0 aliphatic rings. The maximum absolute atomic E-state index is 13.0. The zero-order valence-electron chi connectivity index (χ0n) is 5.57. The molecule has 12 heavy (non-hydrogen) atoms. The van der Waals surface area contributed by atoms with Gasteiger partial charge in [-0.2, -0.15) is 0 Å². The van der Waals surface area contributed by atoms with Crippen LogP contribution in [0.5, 0.6) is 0 Å². The van der Waals surface area contributed by atoms with E-state index < -0.39 is 5.82 Å². The quantitative estimate of drug-likeness (QED) is 0.437. The summed E-state index contributed by atoms with van der Waals surface area (Å²) in [5, 5.41) is 0.213. The maximum Gasteiger partial charge on any atom is 0.152 e. The van der Waals surface area contributed by atoms with Gasteiger partial charge >= 0.3 is 0 Å². The summed E-state index contributed by atoms with van der Waals surface area (Å²) in [6, 6.07) is 1.34. The summed E-state index contributed by atoms with van der Waals surface area (Å²) < 4.78 is 13.4. The molecular formula is C7H2Br2ClFO. The van der Waals surface area contributed by atoms with Gasteiger partial charge in [-0.05, 0) is 37.9 Å². The second kappa shape index (κ2) is 3.85. The number of hydrogen-bond acceptors (Lipinski definition) is 1. The predicted molar refractivity (Wildman–Crippen MR) is 52.2 cm³/mol. The highest BCUT2D eigenvalue weighted by Gasteiger charge is 2.12. The first kappa shape index (κ1) is 10.2. The van der Waals surface area contributed by atoms with Crippen molar-refractivity contribution in [2.24, 2.45) is 0 Å². The van der Waals surface area contributed by atoms with Crippen molar-refractivity contribution in [3.63, 3.8) is 0 Å². The molecule has 0 unspecified atom stereocenters. The van der Waals surface area contributed by atoms with Crippen LogP contribution in [0.2, 0.25) is 5.02 Å². The number of rotatable bonds is 1. The molecule has 0 spiro atoms. The monoisotopic (exact) mass is 314 g/mol. The lowest BCUT2D eigenvalue weighted by Crippen LogP contribution is -1.90. The maximum atomic E-state index is 13.0. The van der Waals surface area contributed by atoms with Gasteiger partial charge in [0, 0.05) is 0 Å². The number of hydrogen-bond donors (Lipinski definition) is 0. The van der Waals surface area contributed by atoms with Crippen LogP contribution in [0.1, 0.15) is 10.4 Å². The third-order valence-corrected chi connectivity index (χ3v) is 2.93. The van der Waals surface area contributed by atoms with Crippen LogP contribution >= 0.6 is 43.5 Å². The van der Waals surface area contributed by atoms with Gasteiger partial charge in [0.25, 0.3) is 0 Å². The standard InChI is InChI=1S/C7H2Br2ClFO/c8-4-1-5(10)3(2-12)6(9)7(4)11/h1-2H. The Morgan fingerprint density at radius 2 is 2.08 bits per heavy atom. The molecule has 1 aromatic carbocycles. The molecule has 64 valence electrons. The average molecular weight is 316 g/mol. The van der Waals surface area contributed by atoms with Crippen LogP contribution in [0, 0.1) is 5.82 Å². The molecule has 0 fully saturated rings. The van der Waals surface area contributed by atoms with E-state index in [1.165, 1.54) is 6.07 Å². The van der Waals surface area contributed by atoms with Crippen LogP contribution in [-0.4, -0.2) is 6.29 Å². The molecule has 5 heteroatoms. The Balaban J connectivity index is 3.51. The first-order valence-electron chi connectivity index (χ1n) is 2.86. The number of carbonyl (C=O) groups is 1. The van der Waals surface area contributed by atoms with Crippen LogP contribution in [0.4, 0.5) is 4.39 Å². The summed E-state index contributed by atoms with van der Waals surface area (Å²) in [6.45, 7) is 0. The number of benzene rings is 1. The average Bonchev–Trinajstić information content (AvgIpc) is 2.01. The van der Waals surface area contributed by atoms with Gasteiger partial charge in [0.1, 0.15) is 0 Å². The number of aldehydes is 1. The Hall–Kier alpha value is 0.0700. The van der Waals surface area contributed by atoms with Crippen molar-refractivity contribution in [1.29, 1.82) is 0 Å². The molecule has 1 aromatic rings. The predicted octanol–water partition coefficient (Wildman–Crippen LogP) is 3.82. The molecule has 0 aromatic heterocycles. The lowest BCUT2D eigenvalue weighted by molar-refractivity contribution is 0.112. The molecule has 0 amide bonds. The van der Waals surface area contributed by atoms with E-state index in [9.17, 15) is 9.18 Å². The van der Waals surface area contributed by atoms with E-state index in [-0.39, 0.29) is 19.5 Å². The van der Waals surface area contributed by atoms with Gasteiger partial charge in [0.2, 0.25) is 0 Å². The largest absolute Gasteiger partial charge is 0.298 e. The van der Waals surface area contributed by atoms with Crippen molar-refractivity contribution in [3.05, 3.63) is 31.4 Å². The number of carbonyl (C=O) groups excluding carboxylic acids is 1. The van der Waals surface area contributed by atoms with Gasteiger partial charge in [0.05, 0.1) is 19.5 Å². The Bertz CT molecular complexity index is 341. The summed E-state index contributed by atoms with van der Waals surface area (Å²) in [6.07, 6.45) is 0.502. The van der Waals surface area contributed by atoms with E-state index >= 15 is 0 Å². The van der Waals surface area contributed by atoms with E-state index in [0.717, 1.165) is 0 Å². The smallest absolute Gasteiger partial charge is 0.152 e. The molecule has 0 heterocycles. The Kier molecular flexibility index (Phi) is 3.26. The lowest BCUT2D eigenvalue weighted by Gasteiger charge is -2.02. The van der Waals surface area contributed by atoms with E-state index in [1.54, 1.807) is 0 Å². The minimum absolute atomic E-state index is 0.0804. The van der Waals surface area contributed by atoms with E-state index in [2.05, 4.69) is 31.9 Å². The lowest BCUT2D eigenvalue weighted by atomic mass is 10.2. The highest BCUT2D eigenvalue weighted by atomic mass is 79.9. The Labute approximate surface area is 90.2 Å². The second-order valence-corrected chi connectivity index (χ2v) is 4.05. The van der Waals surface area contributed by atoms with Gasteiger partial charge in [-0.15, -0.1) is 0 Å². The molecule has 0 radical (unpaired) electrons. The molecule has 1 nitrogen and oxygen atoms in total. The zero-order valence-corrected chi connectivity index (χ0v) is 9.50. The summed E-state index contributed by atoms with van der Waals surface area (Å²) in [7, 11) is 0. The van der Waals surface area contributed by atoms with Gasteiger partial charge in [-0.1, -0.05) is 11.6 Å². The molecule has 1 rings (SSSR count). The van der Waals surface area contributed by atoms with Crippen LogP contribution in [0.25, 0.3) is 0 Å². The molecular weight excluding hydrogens is 314 g/mol. The SMILES string of the molecule is O=Cc1c(Cl)cc(Br)c(F)c1Br. The van der Waals surface area contributed by atoms with Crippen molar-refractivity contribution in [2.45, 2.75) is 0 Å². The Morgan fingerprint density at radius 1 is 1.50 bits per heavy atom. The summed E-state index contributed by atoms with van der Waals surface area (Å²) in [5.74, 6) is -0.526. The first-order chi connectivity index (χ1) is 5.57. The fourth-order valence-corrected chi connectivity index (χ4v) is 2.40. The van der Waals surface area contributed by atoms with E-state index in [4.69, 9.17) is 11.6 Å². The van der Waals surface area contributed by atoms with Crippen LogP contribution in [-0.2, 0) is 0 Å². The van der Waals surface area contributed by atoms with Crippen molar-refractivity contribution in [3.8, 4) is 0 Å². The second-order valence-electron chi connectivity index (χ2n) is 2.00. The summed E-state index contributed by atoms with van der Waals surface area (Å²) in [5.41, 5.74) is 0.123. The first-order valence-corrected chi connectivity index (χ1v) is 4.82. The molecule has 0 aliphatic carbocycles. The third-order valence-electron chi connectivity index (χ3n) is 1.27. The fourth-order valence-electron chi connectivity index (χ4n) is 0.688. The summed E-state index contributed by atoms with van der Waals surface area (Å²) >= 11 is 11.5. The third kappa shape index (κ3) is 1.70. The van der Waals surface area contributed by atoms with E-state index in [1.807, 2.05) is 0 Å². The van der Waals surface area contributed by atoms with Gasteiger partial charge in [0.15, 0.2) is 12.1 Å². The minimum atomic E-state index is -0.526. The molecule has 0 aliphatic heterocycles. The van der Waals surface area contributed by atoms with Crippen molar-refractivity contribution in [1.82, 2.24) is 0 Å². The molecule has 0 bridgehead atoms. The van der Waals surface area contributed by atoms with Crippen LogP contribution in [0.3, 0.4) is 0 Å². The molecule has 0 N–H and O–H groups in total. The van der Waals surface area contributed by atoms with Crippen LogP contribution in [0.15, 0.2) is 15.0 Å². The van der Waals surface area contributed by atoms with Crippen molar-refractivity contribution in [2.75, 3.05) is 0 Å². The highest BCUT2D eigenvalue weighted by Crippen LogP contribution is 2.31. The van der Waals surface area contributed by atoms with Crippen molar-refractivity contribution < 1.29 is 9.18 Å². The fraction of sp³-hybridized carbons (Fsp3) is 0. The van der Waals surface area contributed by atoms with Gasteiger partial charge in [-0.25, -0.2) is 4.39 Å². The molecule has 0 atom stereocenters. The topological polar surface area (TPSA) is 17.1 Å². The summed E-state index contributed by atoms with van der Waals surface area (Å²) in [4.78, 5) is 10.4. The van der Waals surface area contributed by atoms with E-state index in [0.29, 0.717) is 6.29 Å². The normalized spacial score (nSPS) is 10.0. The minimum Gasteiger partial charge on any atom is -0.298 e. The Morgan fingerprint density at radius 3 is 2.58 bits per heavy atom. The number of halogens is 4. The van der Waals surface area contributed by atoms with Crippen LogP contribution < -0.4 is 0 Å².